The summed E-state index contributed by atoms with van der Waals surface area (Å²) in [6.45, 7) is 4.25. The van der Waals surface area contributed by atoms with Crippen LogP contribution in [0.25, 0.3) is 0 Å². The molecule has 1 amide bonds. The first-order valence-electron chi connectivity index (χ1n) is 11.3. The van der Waals surface area contributed by atoms with E-state index in [1.54, 1.807) is 0 Å². The second kappa shape index (κ2) is 11.4. The molecule has 3 unspecified atom stereocenters. The molecule has 3 heterocycles. The van der Waals surface area contributed by atoms with Crippen molar-refractivity contribution < 1.29 is 9.53 Å². The Morgan fingerprint density at radius 3 is 2.97 bits per heavy atom. The first-order chi connectivity index (χ1) is 15.0. The molecular formula is C22H35N7O2. The zero-order chi connectivity index (χ0) is 22.2. The molecule has 3 rings (SSSR count). The number of dihydropyridines is 1. The van der Waals surface area contributed by atoms with Crippen LogP contribution in [0.5, 0.6) is 0 Å². The van der Waals surface area contributed by atoms with Crippen molar-refractivity contribution in [2.45, 2.75) is 63.8 Å². The van der Waals surface area contributed by atoms with E-state index in [1.807, 2.05) is 12.4 Å². The summed E-state index contributed by atoms with van der Waals surface area (Å²) in [5, 5.41) is 15.3. The van der Waals surface area contributed by atoms with Crippen LogP contribution in [0.3, 0.4) is 0 Å². The second-order valence-corrected chi connectivity index (χ2v) is 8.86. The Morgan fingerprint density at radius 2 is 2.26 bits per heavy atom. The minimum Gasteiger partial charge on any atom is -0.491 e. The Balaban J connectivity index is 1.75. The van der Waals surface area contributed by atoms with Gasteiger partial charge in [0.1, 0.15) is 11.9 Å². The zero-order valence-electron chi connectivity index (χ0n) is 18.3. The highest BCUT2D eigenvalue weighted by Gasteiger charge is 2.35. The molecule has 9 nitrogen and oxygen atoms in total. The molecule has 3 aliphatic heterocycles. The lowest BCUT2D eigenvalue weighted by atomic mass is 9.84. The number of nitrogens with two attached hydrogens (primary N) is 2. The van der Waals surface area contributed by atoms with Crippen LogP contribution in [-0.4, -0.2) is 56.3 Å². The number of hydrogen-bond acceptors (Lipinski definition) is 8. The summed E-state index contributed by atoms with van der Waals surface area (Å²) >= 11 is 0. The molecule has 6 N–H and O–H groups in total. The SMILES string of the molecule is C[C@H]1CCC(CC#N)/C=N\C(C(C(=O)NC2=C(O[C@@H]3CCNC3)CC=NC2)C(N)N)C1. The maximum Gasteiger partial charge on any atom is 0.232 e. The number of allylic oxidation sites excluding steroid dienone is 1. The van der Waals surface area contributed by atoms with Crippen LogP contribution in [0, 0.1) is 29.1 Å². The summed E-state index contributed by atoms with van der Waals surface area (Å²) in [5.41, 5.74) is 12.8. The quantitative estimate of drug-likeness (QED) is 0.440. The van der Waals surface area contributed by atoms with E-state index >= 15 is 0 Å². The van der Waals surface area contributed by atoms with E-state index in [2.05, 4.69) is 33.6 Å². The number of nitrogens with one attached hydrogen (secondary N) is 2. The van der Waals surface area contributed by atoms with E-state index in [0.29, 0.717) is 31.0 Å². The van der Waals surface area contributed by atoms with E-state index < -0.39 is 12.1 Å². The molecule has 3 aliphatic rings. The number of carbonyl (C=O) groups is 1. The highest BCUT2D eigenvalue weighted by molar-refractivity contribution is 5.82. The normalized spacial score (nSPS) is 30.9. The minimum atomic E-state index is -0.848. The van der Waals surface area contributed by atoms with Crippen molar-refractivity contribution in [1.82, 2.24) is 10.6 Å². The lowest BCUT2D eigenvalue weighted by Gasteiger charge is -2.31. The number of rotatable bonds is 7. The summed E-state index contributed by atoms with van der Waals surface area (Å²) in [6, 6.07) is 1.89. The topological polar surface area (TPSA) is 151 Å². The summed E-state index contributed by atoms with van der Waals surface area (Å²) < 4.78 is 6.13. The molecule has 31 heavy (non-hydrogen) atoms. The number of carbonyl (C=O) groups excluding carboxylic acids is 1. The molecule has 1 fully saturated rings. The first-order valence-corrected chi connectivity index (χ1v) is 11.3. The van der Waals surface area contributed by atoms with Crippen molar-refractivity contribution in [3.8, 4) is 6.07 Å². The fraction of sp³-hybridized carbons (Fsp3) is 0.727. The zero-order valence-corrected chi connectivity index (χ0v) is 18.3. The fourth-order valence-electron chi connectivity index (χ4n) is 4.42. The lowest BCUT2D eigenvalue weighted by Crippen LogP contribution is -2.52. The Kier molecular flexibility index (Phi) is 8.58. The van der Waals surface area contributed by atoms with Gasteiger partial charge in [0.25, 0.3) is 0 Å². The summed E-state index contributed by atoms with van der Waals surface area (Å²) in [6.07, 6.45) is 7.46. The largest absolute Gasteiger partial charge is 0.491 e. The van der Waals surface area contributed by atoms with E-state index in [1.165, 1.54) is 0 Å². The van der Waals surface area contributed by atoms with Crippen LogP contribution in [0.15, 0.2) is 21.4 Å². The fourth-order valence-corrected chi connectivity index (χ4v) is 4.42. The molecule has 170 valence electrons. The third kappa shape index (κ3) is 6.60. The highest BCUT2D eigenvalue weighted by atomic mass is 16.5. The molecule has 5 atom stereocenters. The molecule has 1 saturated heterocycles. The molecule has 0 aliphatic carbocycles. The van der Waals surface area contributed by atoms with Gasteiger partial charge in [-0.05, 0) is 38.1 Å². The molecule has 0 bridgehead atoms. The molecule has 9 heteroatoms. The highest BCUT2D eigenvalue weighted by Crippen LogP contribution is 2.27. The van der Waals surface area contributed by atoms with Gasteiger partial charge in [-0.2, -0.15) is 5.26 Å². The van der Waals surface area contributed by atoms with Crippen molar-refractivity contribution in [2.75, 3.05) is 19.6 Å². The minimum absolute atomic E-state index is 0.100. The van der Waals surface area contributed by atoms with Crippen molar-refractivity contribution in [1.29, 1.82) is 5.26 Å². The van der Waals surface area contributed by atoms with Crippen molar-refractivity contribution in [3.63, 3.8) is 0 Å². The molecule has 0 spiro atoms. The maximum atomic E-state index is 13.3. The first kappa shape index (κ1) is 23.4. The third-order valence-electron chi connectivity index (χ3n) is 6.24. The molecule has 0 aromatic heterocycles. The van der Waals surface area contributed by atoms with Crippen LogP contribution in [-0.2, 0) is 9.53 Å². The third-order valence-corrected chi connectivity index (χ3v) is 6.24. The van der Waals surface area contributed by atoms with Crippen LogP contribution in [0.4, 0.5) is 0 Å². The summed E-state index contributed by atoms with van der Waals surface area (Å²) in [7, 11) is 0. The van der Waals surface area contributed by atoms with Gasteiger partial charge in [-0.15, -0.1) is 0 Å². The van der Waals surface area contributed by atoms with Crippen LogP contribution in [0.2, 0.25) is 0 Å². The number of hydrogen-bond donors (Lipinski definition) is 4. The number of nitrogens with zero attached hydrogens (tertiary/aromatic N) is 3. The number of nitriles is 1. The van der Waals surface area contributed by atoms with E-state index in [-0.39, 0.29) is 24.0 Å². The standard InChI is InChI=1S/C22H35N7O2/c1-14-2-3-15(4-7-23)11-28-17(10-14)20(21(24)25)22(30)29-18-13-27-9-6-19(18)31-16-5-8-26-12-16/h9,11,14-17,20-21,26H,2-6,8,10,12-13,24-25H2,1H3,(H,29,30)/b28-11-/t14-,15?,16+,17?,20?/m0/s1. The summed E-state index contributed by atoms with van der Waals surface area (Å²) in [4.78, 5) is 22.3. The monoisotopic (exact) mass is 429 g/mol. The van der Waals surface area contributed by atoms with Gasteiger partial charge in [0.2, 0.25) is 5.91 Å². The van der Waals surface area contributed by atoms with Crippen LogP contribution >= 0.6 is 0 Å². The van der Waals surface area contributed by atoms with Crippen LogP contribution < -0.4 is 22.1 Å². The Hall–Kier alpha value is -2.28. The number of amides is 1. The Labute approximate surface area is 184 Å². The average molecular weight is 430 g/mol. The van der Waals surface area contributed by atoms with Gasteiger partial charge >= 0.3 is 0 Å². The predicted octanol–water partition coefficient (Wildman–Crippen LogP) is 0.816. The maximum absolute atomic E-state index is 13.3. The van der Waals surface area contributed by atoms with Gasteiger partial charge in [-0.1, -0.05) is 6.92 Å². The Morgan fingerprint density at radius 1 is 1.42 bits per heavy atom. The van der Waals surface area contributed by atoms with Crippen molar-refractivity contribution in [3.05, 3.63) is 11.5 Å². The van der Waals surface area contributed by atoms with E-state index in [9.17, 15) is 4.79 Å². The van der Waals surface area contributed by atoms with Gasteiger partial charge in [-0.25, -0.2) is 0 Å². The summed E-state index contributed by atoms with van der Waals surface area (Å²) in [5.74, 6) is 0.296. The van der Waals surface area contributed by atoms with Crippen molar-refractivity contribution >= 4 is 18.3 Å². The molecule has 0 radical (unpaired) electrons. The predicted molar refractivity (Wildman–Crippen MR) is 120 cm³/mol. The number of aliphatic imine (C=N–C) groups is 2. The van der Waals surface area contributed by atoms with Gasteiger partial charge in [0, 0.05) is 37.7 Å². The van der Waals surface area contributed by atoms with E-state index in [0.717, 1.165) is 44.5 Å². The molecule has 0 aromatic rings. The van der Waals surface area contributed by atoms with Crippen molar-refractivity contribution in [2.24, 2.45) is 39.2 Å². The van der Waals surface area contributed by atoms with Crippen LogP contribution in [0.1, 0.15) is 45.4 Å². The number of ether oxygens (including phenoxy) is 1. The van der Waals surface area contributed by atoms with Gasteiger partial charge in [0.05, 0.1) is 36.4 Å². The Bertz CT molecular complexity index is 749. The van der Waals surface area contributed by atoms with Gasteiger partial charge in [0.15, 0.2) is 0 Å². The second-order valence-electron chi connectivity index (χ2n) is 8.86. The average Bonchev–Trinajstić information content (AvgIpc) is 3.23. The van der Waals surface area contributed by atoms with Gasteiger partial charge in [-0.3, -0.25) is 14.8 Å². The molecular weight excluding hydrogens is 394 g/mol. The lowest BCUT2D eigenvalue weighted by molar-refractivity contribution is -0.125. The molecule has 0 aromatic carbocycles. The van der Waals surface area contributed by atoms with Gasteiger partial charge < -0.3 is 26.8 Å². The molecule has 0 saturated carbocycles. The van der Waals surface area contributed by atoms with E-state index in [4.69, 9.17) is 21.5 Å². The smallest absolute Gasteiger partial charge is 0.232 e.